The van der Waals surface area contributed by atoms with Crippen LogP contribution in [0.2, 0.25) is 0 Å². The van der Waals surface area contributed by atoms with Gasteiger partial charge in [0.2, 0.25) is 0 Å². The first-order valence-corrected chi connectivity index (χ1v) is 9.49. The Balaban J connectivity index is 1.81. The van der Waals surface area contributed by atoms with Crippen LogP contribution in [-0.4, -0.2) is 16.3 Å². The Morgan fingerprint density at radius 1 is 1.22 bits per heavy atom. The highest BCUT2D eigenvalue weighted by molar-refractivity contribution is 5.43. The van der Waals surface area contributed by atoms with Crippen LogP contribution in [0.25, 0.3) is 0 Å². The molecule has 1 aromatic carbocycles. The number of hydrogen-bond acceptors (Lipinski definition) is 2. The van der Waals surface area contributed by atoms with Gasteiger partial charge < -0.3 is 10.2 Å². The Morgan fingerprint density at radius 2 is 2.04 bits per heavy atom. The third-order valence-corrected chi connectivity index (χ3v) is 7.51. The van der Waals surface area contributed by atoms with Crippen LogP contribution in [0.1, 0.15) is 69.9 Å². The Morgan fingerprint density at radius 3 is 2.83 bits per heavy atom. The number of benzene rings is 1. The monoisotopic (exact) mass is 314 g/mol. The van der Waals surface area contributed by atoms with Gasteiger partial charge in [0.05, 0.1) is 6.10 Å². The smallest absolute Gasteiger partial charge is 0.115 e. The van der Waals surface area contributed by atoms with E-state index in [9.17, 15) is 10.2 Å². The highest BCUT2D eigenvalue weighted by atomic mass is 16.3. The molecule has 5 atom stereocenters. The SMILES string of the molecule is CCCC12CC[C@]3(C)CC(O)C[C@H]3[C@@H]1CCc1cc(O)ccc12. The van der Waals surface area contributed by atoms with Crippen molar-refractivity contribution < 1.29 is 10.2 Å². The predicted molar refractivity (Wildman–Crippen MR) is 92.6 cm³/mol. The second-order valence-corrected chi connectivity index (χ2v) is 8.75. The van der Waals surface area contributed by atoms with Crippen molar-refractivity contribution in [1.29, 1.82) is 0 Å². The van der Waals surface area contributed by atoms with Crippen molar-refractivity contribution in [3.63, 3.8) is 0 Å². The second kappa shape index (κ2) is 5.24. The summed E-state index contributed by atoms with van der Waals surface area (Å²) >= 11 is 0. The van der Waals surface area contributed by atoms with Gasteiger partial charge in [-0.05, 0) is 90.9 Å². The first-order valence-electron chi connectivity index (χ1n) is 9.49. The number of phenols is 1. The van der Waals surface area contributed by atoms with Gasteiger partial charge in [0.1, 0.15) is 5.75 Å². The van der Waals surface area contributed by atoms with E-state index in [-0.39, 0.29) is 11.5 Å². The Bertz CT molecular complexity index is 610. The minimum atomic E-state index is -0.0939. The van der Waals surface area contributed by atoms with Crippen LogP contribution >= 0.6 is 0 Å². The molecule has 4 rings (SSSR count). The number of rotatable bonds is 2. The van der Waals surface area contributed by atoms with Gasteiger partial charge in [-0.25, -0.2) is 0 Å². The molecule has 2 saturated carbocycles. The van der Waals surface area contributed by atoms with Crippen LogP contribution in [0, 0.1) is 17.3 Å². The Labute approximate surface area is 139 Å². The molecule has 3 aliphatic carbocycles. The number of phenolic OH excluding ortho intramolecular Hbond substituents is 1. The van der Waals surface area contributed by atoms with Gasteiger partial charge in [-0.3, -0.25) is 0 Å². The largest absolute Gasteiger partial charge is 0.508 e. The summed E-state index contributed by atoms with van der Waals surface area (Å²) in [6.45, 7) is 4.73. The zero-order valence-electron chi connectivity index (χ0n) is 14.5. The summed E-state index contributed by atoms with van der Waals surface area (Å²) in [5.74, 6) is 1.78. The molecule has 126 valence electrons. The van der Waals surface area contributed by atoms with Gasteiger partial charge in [-0.15, -0.1) is 0 Å². The molecule has 0 bridgehead atoms. The number of aliphatic hydroxyl groups is 1. The molecular weight excluding hydrogens is 284 g/mol. The van der Waals surface area contributed by atoms with E-state index in [1.165, 1.54) is 43.2 Å². The van der Waals surface area contributed by atoms with Gasteiger partial charge in [-0.2, -0.15) is 0 Å². The van der Waals surface area contributed by atoms with Crippen molar-refractivity contribution in [1.82, 2.24) is 0 Å². The van der Waals surface area contributed by atoms with E-state index in [1.54, 1.807) is 0 Å². The molecule has 0 aliphatic heterocycles. The lowest BCUT2D eigenvalue weighted by molar-refractivity contribution is 0.000530. The quantitative estimate of drug-likeness (QED) is 0.840. The van der Waals surface area contributed by atoms with Crippen molar-refractivity contribution in [3.05, 3.63) is 29.3 Å². The standard InChI is InChI=1S/C21H30O2/c1-3-8-21-10-9-20(2)13-16(23)12-19(20)18(21)6-4-14-11-15(22)5-7-17(14)21/h5,7,11,16,18-19,22-23H,3-4,6,8-10,12-13H2,1-2H3/t16?,18-,19-,20+,21?/m0/s1. The van der Waals surface area contributed by atoms with E-state index in [2.05, 4.69) is 19.9 Å². The van der Waals surface area contributed by atoms with E-state index in [0.717, 1.165) is 19.3 Å². The average Bonchev–Trinajstić information content (AvgIpc) is 2.81. The third-order valence-electron chi connectivity index (χ3n) is 7.51. The van der Waals surface area contributed by atoms with Crippen molar-refractivity contribution in [2.45, 2.75) is 76.7 Å². The van der Waals surface area contributed by atoms with Gasteiger partial charge in [0, 0.05) is 0 Å². The summed E-state index contributed by atoms with van der Waals surface area (Å²) in [4.78, 5) is 0. The molecule has 23 heavy (non-hydrogen) atoms. The van der Waals surface area contributed by atoms with Gasteiger partial charge in [0.25, 0.3) is 0 Å². The fourth-order valence-electron chi connectivity index (χ4n) is 6.65. The molecule has 3 aliphatic rings. The predicted octanol–water partition coefficient (Wildman–Crippen LogP) is 4.56. The topological polar surface area (TPSA) is 40.5 Å². The summed E-state index contributed by atoms with van der Waals surface area (Å²) < 4.78 is 0. The molecule has 2 fully saturated rings. The number of aromatic hydroxyl groups is 1. The number of fused-ring (bicyclic) bond motifs is 5. The van der Waals surface area contributed by atoms with E-state index in [1.807, 2.05) is 12.1 Å². The molecule has 0 amide bonds. The van der Waals surface area contributed by atoms with Gasteiger partial charge >= 0.3 is 0 Å². The summed E-state index contributed by atoms with van der Waals surface area (Å²) in [6, 6.07) is 6.09. The highest BCUT2D eigenvalue weighted by Crippen LogP contribution is 2.64. The molecule has 0 aromatic heterocycles. The summed E-state index contributed by atoms with van der Waals surface area (Å²) in [5.41, 5.74) is 3.51. The molecule has 2 nitrogen and oxygen atoms in total. The Kier molecular flexibility index (Phi) is 3.53. The fourth-order valence-corrected chi connectivity index (χ4v) is 6.65. The molecule has 0 spiro atoms. The van der Waals surface area contributed by atoms with Crippen LogP contribution in [0.15, 0.2) is 18.2 Å². The fraction of sp³-hybridized carbons (Fsp3) is 0.714. The maximum atomic E-state index is 10.3. The Hall–Kier alpha value is -1.02. The molecule has 0 heterocycles. The van der Waals surface area contributed by atoms with Crippen molar-refractivity contribution >= 4 is 0 Å². The normalized spacial score (nSPS) is 42.0. The number of aryl methyl sites for hydroxylation is 1. The molecule has 2 heteroatoms. The molecule has 0 saturated heterocycles. The van der Waals surface area contributed by atoms with Gasteiger partial charge in [0.15, 0.2) is 0 Å². The molecule has 2 N–H and O–H groups in total. The van der Waals surface area contributed by atoms with Crippen LogP contribution in [0.5, 0.6) is 5.75 Å². The minimum Gasteiger partial charge on any atom is -0.508 e. The minimum absolute atomic E-state index is 0.0939. The zero-order chi connectivity index (χ0) is 16.2. The second-order valence-electron chi connectivity index (χ2n) is 8.75. The average molecular weight is 314 g/mol. The van der Waals surface area contributed by atoms with Crippen molar-refractivity contribution in [2.75, 3.05) is 0 Å². The van der Waals surface area contributed by atoms with Crippen LogP contribution in [0.3, 0.4) is 0 Å². The van der Waals surface area contributed by atoms with E-state index >= 15 is 0 Å². The molecule has 1 aromatic rings. The van der Waals surface area contributed by atoms with E-state index < -0.39 is 0 Å². The first kappa shape index (κ1) is 15.5. The summed E-state index contributed by atoms with van der Waals surface area (Å²) in [6.07, 6.45) is 9.17. The first-order chi connectivity index (χ1) is 11.0. The number of hydrogen-bond donors (Lipinski definition) is 2. The highest BCUT2D eigenvalue weighted by Gasteiger charge is 2.58. The summed E-state index contributed by atoms with van der Waals surface area (Å²) in [7, 11) is 0. The van der Waals surface area contributed by atoms with Crippen LogP contribution in [-0.2, 0) is 11.8 Å². The maximum absolute atomic E-state index is 10.3. The molecule has 0 radical (unpaired) electrons. The summed E-state index contributed by atoms with van der Waals surface area (Å²) in [5, 5.41) is 20.2. The maximum Gasteiger partial charge on any atom is 0.115 e. The van der Waals surface area contributed by atoms with Gasteiger partial charge in [-0.1, -0.05) is 26.3 Å². The lowest BCUT2D eigenvalue weighted by atomic mass is 9.47. The van der Waals surface area contributed by atoms with Crippen LogP contribution < -0.4 is 0 Å². The lowest BCUT2D eigenvalue weighted by Crippen LogP contribution is -2.50. The van der Waals surface area contributed by atoms with Crippen molar-refractivity contribution in [3.8, 4) is 5.75 Å². The van der Waals surface area contributed by atoms with E-state index in [4.69, 9.17) is 0 Å². The zero-order valence-corrected chi connectivity index (χ0v) is 14.5. The third kappa shape index (κ3) is 2.17. The lowest BCUT2D eigenvalue weighted by Gasteiger charge is -2.57. The van der Waals surface area contributed by atoms with Crippen LogP contribution in [0.4, 0.5) is 0 Å². The molecular formula is C21H30O2. The van der Waals surface area contributed by atoms with E-state index in [0.29, 0.717) is 23.0 Å². The van der Waals surface area contributed by atoms with Crippen molar-refractivity contribution in [2.24, 2.45) is 17.3 Å². The molecule has 2 unspecified atom stereocenters. The number of aliphatic hydroxyl groups excluding tert-OH is 1.